The molecule has 0 spiro atoms. The van der Waals surface area contributed by atoms with Crippen LogP contribution in [-0.2, 0) is 0 Å². The molecule has 1 aromatic heterocycles. The van der Waals surface area contributed by atoms with Crippen LogP contribution in [-0.4, -0.2) is 27.6 Å². The predicted molar refractivity (Wildman–Crippen MR) is 84.8 cm³/mol. The van der Waals surface area contributed by atoms with Crippen molar-refractivity contribution >= 4 is 17.5 Å². The Bertz CT molecular complexity index is 469. The van der Waals surface area contributed by atoms with Crippen LogP contribution in [0.2, 0.25) is 5.28 Å². The van der Waals surface area contributed by atoms with Gasteiger partial charge in [-0.25, -0.2) is 0 Å². The molecule has 0 aromatic carbocycles. The van der Waals surface area contributed by atoms with Crippen LogP contribution in [0.5, 0.6) is 6.01 Å². The summed E-state index contributed by atoms with van der Waals surface area (Å²) in [7, 11) is 0. The first kappa shape index (κ1) is 16.3. The molecule has 6 heteroatoms. The Morgan fingerprint density at radius 1 is 1.29 bits per heavy atom. The Hall–Kier alpha value is -1.10. The normalized spacial score (nSPS) is 25.9. The van der Waals surface area contributed by atoms with Gasteiger partial charge in [0.05, 0.1) is 0 Å². The van der Waals surface area contributed by atoms with Crippen molar-refractivity contribution in [2.24, 2.45) is 17.8 Å². The first-order valence-electron chi connectivity index (χ1n) is 7.81. The summed E-state index contributed by atoms with van der Waals surface area (Å²) in [6.07, 6.45) is 3.66. The Morgan fingerprint density at radius 2 is 2.05 bits per heavy atom. The molecule has 1 aliphatic carbocycles. The van der Waals surface area contributed by atoms with Crippen molar-refractivity contribution in [3.63, 3.8) is 0 Å². The highest BCUT2D eigenvalue weighted by atomic mass is 35.5. The molecular weight excluding hydrogens is 288 g/mol. The monoisotopic (exact) mass is 312 g/mol. The lowest BCUT2D eigenvalue weighted by molar-refractivity contribution is 0.0389. The largest absolute Gasteiger partial charge is 0.460 e. The Balaban J connectivity index is 2.14. The molecule has 0 saturated heterocycles. The maximum absolute atomic E-state index is 6.08. The molecule has 3 atom stereocenters. The van der Waals surface area contributed by atoms with Gasteiger partial charge in [0.25, 0.3) is 0 Å². The fraction of sp³-hybridized carbons (Fsp3) is 0.800. The molecule has 1 saturated carbocycles. The predicted octanol–water partition coefficient (Wildman–Crippen LogP) is 3.80. The lowest BCUT2D eigenvalue weighted by atomic mass is 9.75. The number of nitrogens with zero attached hydrogens (tertiary/aromatic N) is 3. The molecule has 1 fully saturated rings. The van der Waals surface area contributed by atoms with Crippen LogP contribution in [0.1, 0.15) is 47.0 Å². The summed E-state index contributed by atoms with van der Waals surface area (Å²) in [5.41, 5.74) is 0. The van der Waals surface area contributed by atoms with Crippen molar-refractivity contribution in [3.05, 3.63) is 5.28 Å². The van der Waals surface area contributed by atoms with E-state index in [1.54, 1.807) is 0 Å². The fourth-order valence-corrected chi connectivity index (χ4v) is 3.16. The van der Waals surface area contributed by atoms with Crippen molar-refractivity contribution in [2.75, 3.05) is 11.9 Å². The van der Waals surface area contributed by atoms with Crippen LogP contribution in [0.3, 0.4) is 0 Å². The average Bonchev–Trinajstić information content (AvgIpc) is 2.38. The van der Waals surface area contributed by atoms with Gasteiger partial charge in [0.2, 0.25) is 11.2 Å². The number of rotatable bonds is 5. The molecule has 118 valence electrons. The van der Waals surface area contributed by atoms with Gasteiger partial charge < -0.3 is 10.1 Å². The van der Waals surface area contributed by atoms with Crippen molar-refractivity contribution in [3.8, 4) is 6.01 Å². The van der Waals surface area contributed by atoms with Gasteiger partial charge in [0, 0.05) is 6.54 Å². The van der Waals surface area contributed by atoms with Crippen molar-refractivity contribution in [1.82, 2.24) is 15.0 Å². The van der Waals surface area contributed by atoms with E-state index in [1.165, 1.54) is 12.8 Å². The third-order valence-corrected chi connectivity index (χ3v) is 4.31. The molecule has 2 rings (SSSR count). The summed E-state index contributed by atoms with van der Waals surface area (Å²) in [6.45, 7) is 9.49. The minimum absolute atomic E-state index is 0.154. The van der Waals surface area contributed by atoms with Gasteiger partial charge in [0.1, 0.15) is 6.10 Å². The highest BCUT2D eigenvalue weighted by molar-refractivity contribution is 6.28. The zero-order chi connectivity index (χ0) is 15.4. The van der Waals surface area contributed by atoms with Gasteiger partial charge >= 0.3 is 6.01 Å². The van der Waals surface area contributed by atoms with Crippen molar-refractivity contribution < 1.29 is 4.74 Å². The van der Waals surface area contributed by atoms with Gasteiger partial charge in [-0.05, 0) is 49.1 Å². The molecular formula is C15H25ClN4O. The third-order valence-electron chi connectivity index (χ3n) is 4.14. The molecule has 5 nitrogen and oxygen atoms in total. The Morgan fingerprint density at radius 3 is 2.71 bits per heavy atom. The van der Waals surface area contributed by atoms with Crippen molar-refractivity contribution in [2.45, 2.75) is 53.1 Å². The highest BCUT2D eigenvalue weighted by Gasteiger charge is 2.33. The van der Waals surface area contributed by atoms with Crippen LogP contribution in [0.4, 0.5) is 5.95 Å². The quantitative estimate of drug-likeness (QED) is 0.896. The van der Waals surface area contributed by atoms with E-state index in [4.69, 9.17) is 16.3 Å². The maximum atomic E-state index is 6.08. The number of aromatic nitrogens is 3. The number of ether oxygens (including phenoxy) is 1. The second-order valence-corrected chi connectivity index (χ2v) is 6.56. The van der Waals surface area contributed by atoms with E-state index in [-0.39, 0.29) is 11.4 Å². The van der Waals surface area contributed by atoms with E-state index < -0.39 is 0 Å². The molecule has 0 bridgehead atoms. The summed E-state index contributed by atoms with van der Waals surface area (Å²) in [5.74, 6) is 2.28. The summed E-state index contributed by atoms with van der Waals surface area (Å²) < 4.78 is 6.08. The molecule has 1 N–H and O–H groups in total. The molecule has 0 aliphatic heterocycles. The van der Waals surface area contributed by atoms with E-state index in [1.807, 2.05) is 6.92 Å². The SMILES string of the molecule is CCNc1nc(Cl)nc(OC2CC(C)CCC2C(C)C)n1. The van der Waals surface area contributed by atoms with Gasteiger partial charge in [-0.2, -0.15) is 15.0 Å². The summed E-state index contributed by atoms with van der Waals surface area (Å²) in [6, 6.07) is 0.329. The van der Waals surface area contributed by atoms with Gasteiger partial charge in [-0.1, -0.05) is 27.2 Å². The zero-order valence-electron chi connectivity index (χ0n) is 13.3. The van der Waals surface area contributed by atoms with Crippen molar-refractivity contribution in [1.29, 1.82) is 0 Å². The minimum atomic E-state index is 0.154. The average molecular weight is 313 g/mol. The minimum Gasteiger partial charge on any atom is -0.460 e. The maximum Gasteiger partial charge on any atom is 0.322 e. The summed E-state index contributed by atoms with van der Waals surface area (Å²) in [5, 5.41) is 3.21. The van der Waals surface area contributed by atoms with Crippen LogP contribution >= 0.6 is 11.6 Å². The van der Waals surface area contributed by atoms with E-state index in [9.17, 15) is 0 Å². The number of hydrogen-bond donors (Lipinski definition) is 1. The lowest BCUT2D eigenvalue weighted by Gasteiger charge is -2.36. The standard InChI is InChI=1S/C15H25ClN4O/c1-5-17-14-18-13(16)19-15(20-14)21-12-8-10(4)6-7-11(12)9(2)3/h9-12H,5-8H2,1-4H3,(H,17,18,19,20). The number of halogens is 1. The van der Waals surface area contributed by atoms with E-state index in [0.29, 0.717) is 29.7 Å². The van der Waals surface area contributed by atoms with Gasteiger partial charge in [-0.3, -0.25) is 0 Å². The number of nitrogens with one attached hydrogen (secondary N) is 1. The zero-order valence-corrected chi connectivity index (χ0v) is 14.0. The Kier molecular flexibility index (Phi) is 5.62. The topological polar surface area (TPSA) is 59.9 Å². The van der Waals surface area contributed by atoms with Crippen LogP contribution in [0.25, 0.3) is 0 Å². The van der Waals surface area contributed by atoms with Crippen LogP contribution < -0.4 is 10.1 Å². The molecule has 3 unspecified atom stereocenters. The highest BCUT2D eigenvalue weighted by Crippen LogP contribution is 2.35. The Labute approximate surface area is 131 Å². The molecule has 1 heterocycles. The van der Waals surface area contributed by atoms with E-state index >= 15 is 0 Å². The third kappa shape index (κ3) is 4.43. The fourth-order valence-electron chi connectivity index (χ4n) is 3.01. The first-order valence-corrected chi connectivity index (χ1v) is 8.19. The molecule has 1 aliphatic rings. The lowest BCUT2D eigenvalue weighted by Crippen LogP contribution is -2.36. The second kappa shape index (κ2) is 7.25. The molecule has 21 heavy (non-hydrogen) atoms. The van der Waals surface area contributed by atoms with E-state index in [0.717, 1.165) is 13.0 Å². The van der Waals surface area contributed by atoms with Gasteiger partial charge in [-0.15, -0.1) is 0 Å². The molecule has 1 aromatic rings. The second-order valence-electron chi connectivity index (χ2n) is 6.22. The smallest absolute Gasteiger partial charge is 0.322 e. The first-order chi connectivity index (χ1) is 9.99. The van der Waals surface area contributed by atoms with Crippen LogP contribution in [0, 0.1) is 17.8 Å². The number of hydrogen-bond acceptors (Lipinski definition) is 5. The molecule has 0 radical (unpaired) electrons. The van der Waals surface area contributed by atoms with Gasteiger partial charge in [0.15, 0.2) is 0 Å². The summed E-state index contributed by atoms with van der Waals surface area (Å²) >= 11 is 5.95. The van der Waals surface area contributed by atoms with Crippen LogP contribution in [0.15, 0.2) is 0 Å². The number of anilines is 1. The van der Waals surface area contributed by atoms with E-state index in [2.05, 4.69) is 41.0 Å². The summed E-state index contributed by atoms with van der Waals surface area (Å²) in [4.78, 5) is 12.4. The molecule has 0 amide bonds.